The lowest BCUT2D eigenvalue weighted by Gasteiger charge is -2.61. The number of carbonyl (C=O) groups excluding carboxylic acids is 1. The highest BCUT2D eigenvalue weighted by Crippen LogP contribution is 2.88. The van der Waals surface area contributed by atoms with Gasteiger partial charge >= 0.3 is 0 Å². The molecule has 0 aliphatic heterocycles. The van der Waals surface area contributed by atoms with Crippen molar-refractivity contribution in [2.24, 2.45) is 57.2 Å². The number of carbonyl (C=O) groups is 1. The minimum absolute atomic E-state index is 0.335. The summed E-state index contributed by atoms with van der Waals surface area (Å²) >= 11 is 0. The Morgan fingerprint density at radius 2 is 1.74 bits per heavy atom. The van der Waals surface area contributed by atoms with Crippen LogP contribution in [0, 0.1) is 57.2 Å². The molecule has 0 aromatic heterocycles. The number of ketones is 1. The molecule has 5 aliphatic rings. The van der Waals surface area contributed by atoms with Crippen molar-refractivity contribution in [1.29, 1.82) is 0 Å². The summed E-state index contributed by atoms with van der Waals surface area (Å²) in [5.74, 6) is 4.92. The second kappa shape index (κ2) is 6.96. The number of allylic oxidation sites excluding steroid dienone is 1. The zero-order valence-electron chi connectivity index (χ0n) is 21.4. The molecule has 0 amide bonds. The number of hydrogen-bond donors (Lipinski definition) is 0. The molecule has 0 N–H and O–H groups in total. The first-order chi connectivity index (χ1) is 14.5. The lowest BCUT2D eigenvalue weighted by atomic mass is 9.43. The van der Waals surface area contributed by atoms with E-state index in [0.29, 0.717) is 45.2 Å². The van der Waals surface area contributed by atoms with E-state index in [4.69, 9.17) is 0 Å². The van der Waals surface area contributed by atoms with Crippen molar-refractivity contribution < 1.29 is 4.79 Å². The Morgan fingerprint density at radius 1 is 1.00 bits per heavy atom. The SMILES string of the molecule is C=C(C)C(C)CC[C@H](C)[C@@H]1CC[C@]2(C)[C@H]3CC[C@@H]4[C@@H](C)C(=O)CC[C@]45C[C@]35CC[C@@]12C. The molecule has 5 saturated carbocycles. The Labute approximate surface area is 192 Å². The van der Waals surface area contributed by atoms with E-state index in [1.54, 1.807) is 0 Å². The Hall–Kier alpha value is -0.590. The molecule has 10 atom stereocenters. The maximum absolute atomic E-state index is 12.5. The van der Waals surface area contributed by atoms with Crippen molar-refractivity contribution in [1.82, 2.24) is 0 Å². The van der Waals surface area contributed by atoms with E-state index in [9.17, 15) is 4.79 Å². The van der Waals surface area contributed by atoms with E-state index >= 15 is 0 Å². The van der Waals surface area contributed by atoms with Crippen LogP contribution in [0.25, 0.3) is 0 Å². The maximum atomic E-state index is 12.5. The van der Waals surface area contributed by atoms with Gasteiger partial charge in [0.05, 0.1) is 0 Å². The molecule has 1 heteroatoms. The Morgan fingerprint density at radius 3 is 2.45 bits per heavy atom. The molecule has 0 saturated heterocycles. The monoisotopic (exact) mass is 424 g/mol. The highest BCUT2D eigenvalue weighted by Gasteiger charge is 2.81. The third-order valence-electron chi connectivity index (χ3n) is 13.1. The van der Waals surface area contributed by atoms with Crippen molar-refractivity contribution in [2.75, 3.05) is 0 Å². The molecule has 0 bridgehead atoms. The van der Waals surface area contributed by atoms with Crippen LogP contribution < -0.4 is 0 Å². The molecule has 174 valence electrons. The first kappa shape index (κ1) is 22.2. The lowest BCUT2D eigenvalue weighted by molar-refractivity contribution is -0.146. The van der Waals surface area contributed by atoms with Gasteiger partial charge in [-0.1, -0.05) is 46.8 Å². The average molecular weight is 425 g/mol. The van der Waals surface area contributed by atoms with Crippen molar-refractivity contribution in [3.63, 3.8) is 0 Å². The van der Waals surface area contributed by atoms with Gasteiger partial charge in [0.15, 0.2) is 0 Å². The average Bonchev–Trinajstić information content (AvgIpc) is 3.31. The highest BCUT2D eigenvalue weighted by atomic mass is 16.1. The number of fused-ring (bicyclic) bond motifs is 2. The second-order valence-electron chi connectivity index (χ2n) is 13.8. The molecule has 31 heavy (non-hydrogen) atoms. The van der Waals surface area contributed by atoms with Gasteiger partial charge < -0.3 is 0 Å². The third-order valence-corrected chi connectivity index (χ3v) is 13.1. The van der Waals surface area contributed by atoms with Crippen LogP contribution in [0.15, 0.2) is 12.2 Å². The zero-order valence-corrected chi connectivity index (χ0v) is 21.4. The van der Waals surface area contributed by atoms with Gasteiger partial charge in [0.25, 0.3) is 0 Å². The van der Waals surface area contributed by atoms with Gasteiger partial charge in [-0.2, -0.15) is 0 Å². The van der Waals surface area contributed by atoms with Crippen LogP contribution in [0.5, 0.6) is 0 Å². The van der Waals surface area contributed by atoms with Gasteiger partial charge in [0.1, 0.15) is 5.78 Å². The van der Waals surface area contributed by atoms with Crippen LogP contribution in [0.2, 0.25) is 0 Å². The summed E-state index contributed by atoms with van der Waals surface area (Å²) in [6.45, 7) is 19.0. The fourth-order valence-corrected chi connectivity index (χ4v) is 10.8. The molecule has 5 aliphatic carbocycles. The fraction of sp³-hybridized carbons (Fsp3) is 0.900. The van der Waals surface area contributed by atoms with Crippen LogP contribution in [0.1, 0.15) is 112 Å². The van der Waals surface area contributed by atoms with E-state index in [2.05, 4.69) is 48.1 Å². The smallest absolute Gasteiger partial charge is 0.136 e. The summed E-state index contributed by atoms with van der Waals surface area (Å²) in [5, 5.41) is 0. The quantitative estimate of drug-likeness (QED) is 0.406. The molecule has 1 unspecified atom stereocenters. The van der Waals surface area contributed by atoms with Crippen LogP contribution in [-0.2, 0) is 4.79 Å². The van der Waals surface area contributed by atoms with Crippen molar-refractivity contribution in [3.05, 3.63) is 12.2 Å². The molecular weight excluding hydrogens is 376 g/mol. The van der Waals surface area contributed by atoms with E-state index < -0.39 is 0 Å². The van der Waals surface area contributed by atoms with Crippen LogP contribution in [0.3, 0.4) is 0 Å². The highest BCUT2D eigenvalue weighted by molar-refractivity contribution is 5.82. The van der Waals surface area contributed by atoms with Crippen molar-refractivity contribution in [3.8, 4) is 0 Å². The molecule has 0 aromatic carbocycles. The summed E-state index contributed by atoms with van der Waals surface area (Å²) in [6, 6.07) is 0. The zero-order chi connectivity index (χ0) is 22.4. The molecule has 1 nitrogen and oxygen atoms in total. The lowest BCUT2D eigenvalue weighted by Crippen LogP contribution is -2.55. The molecular formula is C30H48O. The van der Waals surface area contributed by atoms with Gasteiger partial charge in [-0.3, -0.25) is 4.79 Å². The Kier molecular flexibility index (Phi) is 4.99. The fourth-order valence-electron chi connectivity index (χ4n) is 10.8. The van der Waals surface area contributed by atoms with Crippen LogP contribution >= 0.6 is 0 Å². The third kappa shape index (κ3) is 2.70. The van der Waals surface area contributed by atoms with Gasteiger partial charge in [0, 0.05) is 12.3 Å². The van der Waals surface area contributed by atoms with Gasteiger partial charge in [-0.05, 0) is 122 Å². The van der Waals surface area contributed by atoms with Crippen molar-refractivity contribution in [2.45, 2.75) is 112 Å². The molecule has 5 rings (SSSR count). The topological polar surface area (TPSA) is 17.1 Å². The second-order valence-corrected chi connectivity index (χ2v) is 13.8. The minimum Gasteiger partial charge on any atom is -0.299 e. The predicted octanol–water partition coefficient (Wildman–Crippen LogP) is 8.23. The minimum atomic E-state index is 0.335. The summed E-state index contributed by atoms with van der Waals surface area (Å²) in [6.07, 6.45) is 14.8. The summed E-state index contributed by atoms with van der Waals surface area (Å²) in [7, 11) is 0. The van der Waals surface area contributed by atoms with E-state index in [1.165, 1.54) is 69.8 Å². The first-order valence-electron chi connectivity index (χ1n) is 13.7. The standard InChI is InChI=1S/C30H48O/c1-19(2)20(3)8-9-21(4)23-12-14-28(7)26-11-10-24-22(5)25(31)13-15-29(24)18-30(26,29)17-16-27(23,28)6/h20-24,26H,1,8-18H2,2-7H3/t20?,21-,22+,23-,24+,26+,27-,28+,29-,30+/m0/s1. The number of rotatable bonds is 5. The Balaban J connectivity index is 1.38. The van der Waals surface area contributed by atoms with Crippen LogP contribution in [-0.4, -0.2) is 5.78 Å². The number of Topliss-reactive ketones (excluding diaryl/α,β-unsaturated/α-hetero) is 1. The maximum Gasteiger partial charge on any atom is 0.136 e. The van der Waals surface area contributed by atoms with Crippen molar-refractivity contribution >= 4 is 5.78 Å². The summed E-state index contributed by atoms with van der Waals surface area (Å²) < 4.78 is 0. The van der Waals surface area contributed by atoms with Gasteiger partial charge in [-0.25, -0.2) is 0 Å². The number of hydrogen-bond acceptors (Lipinski definition) is 1. The van der Waals surface area contributed by atoms with E-state index in [1.807, 2.05) is 0 Å². The molecule has 0 radical (unpaired) electrons. The molecule has 5 fully saturated rings. The van der Waals surface area contributed by atoms with Gasteiger partial charge in [-0.15, -0.1) is 0 Å². The molecule has 0 heterocycles. The van der Waals surface area contributed by atoms with E-state index in [-0.39, 0.29) is 0 Å². The van der Waals surface area contributed by atoms with E-state index in [0.717, 1.165) is 24.2 Å². The molecule has 2 spiro atoms. The predicted molar refractivity (Wildman–Crippen MR) is 130 cm³/mol. The van der Waals surface area contributed by atoms with Gasteiger partial charge in [0.2, 0.25) is 0 Å². The molecule has 0 aromatic rings. The Bertz CT molecular complexity index is 781. The summed E-state index contributed by atoms with van der Waals surface area (Å²) in [5.41, 5.74) is 3.54. The summed E-state index contributed by atoms with van der Waals surface area (Å²) in [4.78, 5) is 12.5. The largest absolute Gasteiger partial charge is 0.299 e. The van der Waals surface area contributed by atoms with Crippen LogP contribution in [0.4, 0.5) is 0 Å². The first-order valence-corrected chi connectivity index (χ1v) is 13.7. The normalized spacial score (nSPS) is 52.4.